The van der Waals surface area contributed by atoms with Gasteiger partial charge in [-0.1, -0.05) is 58.7 Å². The van der Waals surface area contributed by atoms with Gasteiger partial charge < -0.3 is 5.32 Å². The first kappa shape index (κ1) is 21.0. The summed E-state index contributed by atoms with van der Waals surface area (Å²) >= 11 is 19.4. The second kappa shape index (κ2) is 8.74. The van der Waals surface area contributed by atoms with Crippen LogP contribution in [0.1, 0.15) is 12.0 Å². The van der Waals surface area contributed by atoms with Gasteiger partial charge in [-0.3, -0.25) is 14.5 Å². The van der Waals surface area contributed by atoms with E-state index in [1.165, 1.54) is 16.7 Å². The summed E-state index contributed by atoms with van der Waals surface area (Å²) in [6, 6.07) is 10.4. The van der Waals surface area contributed by atoms with Crippen molar-refractivity contribution in [3.63, 3.8) is 0 Å². The number of carbonyl (C=O) groups excluding carboxylic acids is 2. The Morgan fingerprint density at radius 2 is 1.86 bits per heavy atom. The molecular formula is C19H16Cl3N3O2S. The highest BCUT2D eigenvalue weighted by Gasteiger charge is 2.37. The van der Waals surface area contributed by atoms with E-state index in [4.69, 9.17) is 34.8 Å². The number of nitrogens with zero attached hydrogens (tertiary/aromatic N) is 2. The lowest BCUT2D eigenvalue weighted by Gasteiger charge is -2.10. The molecule has 1 aliphatic rings. The maximum absolute atomic E-state index is 12.5. The van der Waals surface area contributed by atoms with E-state index in [9.17, 15) is 9.59 Å². The molecule has 1 heterocycles. The van der Waals surface area contributed by atoms with Gasteiger partial charge in [-0.25, -0.2) is 4.99 Å². The zero-order valence-corrected chi connectivity index (χ0v) is 18.1. The van der Waals surface area contributed by atoms with Crippen molar-refractivity contribution in [1.82, 2.24) is 4.90 Å². The molecule has 146 valence electrons. The zero-order valence-electron chi connectivity index (χ0n) is 15.0. The van der Waals surface area contributed by atoms with Crippen LogP contribution in [0.5, 0.6) is 0 Å². The Labute approximate surface area is 182 Å². The van der Waals surface area contributed by atoms with Crippen LogP contribution in [0, 0.1) is 6.92 Å². The minimum Gasteiger partial charge on any atom is -0.325 e. The third kappa shape index (κ3) is 4.46. The third-order valence-corrected chi connectivity index (χ3v) is 6.65. The van der Waals surface area contributed by atoms with E-state index in [2.05, 4.69) is 10.3 Å². The third-order valence-electron chi connectivity index (χ3n) is 4.19. The van der Waals surface area contributed by atoms with Gasteiger partial charge in [0.25, 0.3) is 0 Å². The smallest absolute Gasteiger partial charge is 0.242 e. The van der Waals surface area contributed by atoms with Crippen molar-refractivity contribution in [2.24, 2.45) is 4.99 Å². The number of hydrogen-bond donors (Lipinski definition) is 1. The molecule has 0 bridgehead atoms. The Morgan fingerprint density at radius 1 is 1.18 bits per heavy atom. The molecule has 0 spiro atoms. The maximum atomic E-state index is 12.5. The molecule has 1 saturated heterocycles. The van der Waals surface area contributed by atoms with E-state index >= 15 is 0 Å². The molecule has 2 amide bonds. The van der Waals surface area contributed by atoms with E-state index in [0.717, 1.165) is 5.56 Å². The van der Waals surface area contributed by atoms with Crippen LogP contribution in [0.2, 0.25) is 15.1 Å². The lowest BCUT2D eigenvalue weighted by atomic mass is 10.2. The minimum absolute atomic E-state index is 0.00969. The zero-order chi connectivity index (χ0) is 20.4. The molecule has 28 heavy (non-hydrogen) atoms. The molecule has 1 aliphatic heterocycles. The molecular weight excluding hydrogens is 441 g/mol. The fourth-order valence-corrected chi connectivity index (χ4v) is 4.25. The van der Waals surface area contributed by atoms with E-state index in [0.29, 0.717) is 26.6 Å². The molecule has 0 aliphatic carbocycles. The number of amidine groups is 1. The molecule has 0 unspecified atom stereocenters. The van der Waals surface area contributed by atoms with Crippen molar-refractivity contribution >= 4 is 74.9 Å². The van der Waals surface area contributed by atoms with Crippen LogP contribution in [0.25, 0.3) is 0 Å². The van der Waals surface area contributed by atoms with E-state index in [1.54, 1.807) is 37.4 Å². The summed E-state index contributed by atoms with van der Waals surface area (Å²) < 4.78 is 0. The second-order valence-electron chi connectivity index (χ2n) is 6.14. The first-order valence-electron chi connectivity index (χ1n) is 8.30. The van der Waals surface area contributed by atoms with Gasteiger partial charge in [-0.15, -0.1) is 0 Å². The van der Waals surface area contributed by atoms with Crippen molar-refractivity contribution in [1.29, 1.82) is 0 Å². The van der Waals surface area contributed by atoms with E-state index < -0.39 is 5.25 Å². The molecule has 2 aromatic carbocycles. The van der Waals surface area contributed by atoms with E-state index in [-0.39, 0.29) is 23.3 Å². The lowest BCUT2D eigenvalue weighted by molar-refractivity contribution is -0.127. The van der Waals surface area contributed by atoms with Gasteiger partial charge >= 0.3 is 0 Å². The van der Waals surface area contributed by atoms with Crippen LogP contribution in [0.3, 0.4) is 0 Å². The number of nitrogens with one attached hydrogen (secondary N) is 1. The van der Waals surface area contributed by atoms with Crippen LogP contribution >= 0.6 is 46.6 Å². The summed E-state index contributed by atoms with van der Waals surface area (Å²) in [5.74, 6) is -0.514. The summed E-state index contributed by atoms with van der Waals surface area (Å²) in [5, 5.41) is 3.86. The van der Waals surface area contributed by atoms with Gasteiger partial charge in [0.2, 0.25) is 11.8 Å². The topological polar surface area (TPSA) is 61.8 Å². The highest BCUT2D eigenvalue weighted by atomic mass is 35.5. The average molecular weight is 457 g/mol. The number of thioether (sulfide) groups is 1. The van der Waals surface area contributed by atoms with Crippen LogP contribution in [-0.2, 0) is 9.59 Å². The van der Waals surface area contributed by atoms with Crippen molar-refractivity contribution in [2.45, 2.75) is 18.6 Å². The number of amides is 2. The monoisotopic (exact) mass is 455 g/mol. The molecule has 0 aromatic heterocycles. The normalized spacial score (nSPS) is 18.0. The molecule has 5 nitrogen and oxygen atoms in total. The lowest BCUT2D eigenvalue weighted by Crippen LogP contribution is -2.30. The Bertz CT molecular complexity index is 981. The molecule has 3 rings (SSSR count). The number of rotatable bonds is 4. The number of anilines is 1. The molecule has 0 radical (unpaired) electrons. The number of benzene rings is 2. The quantitative estimate of drug-likeness (QED) is 0.656. The van der Waals surface area contributed by atoms with Crippen molar-refractivity contribution < 1.29 is 9.59 Å². The van der Waals surface area contributed by atoms with Crippen molar-refractivity contribution in [3.8, 4) is 0 Å². The van der Waals surface area contributed by atoms with Gasteiger partial charge in [0.1, 0.15) is 5.25 Å². The van der Waals surface area contributed by atoms with Crippen LogP contribution < -0.4 is 5.32 Å². The van der Waals surface area contributed by atoms with Gasteiger partial charge in [0.15, 0.2) is 5.17 Å². The number of halogens is 3. The second-order valence-corrected chi connectivity index (χ2v) is 8.50. The summed E-state index contributed by atoms with van der Waals surface area (Å²) in [6.07, 6.45) is -0.00969. The van der Waals surface area contributed by atoms with Gasteiger partial charge in [-0.2, -0.15) is 0 Å². The fraction of sp³-hybridized carbons (Fsp3) is 0.211. The molecule has 1 fully saturated rings. The Kier molecular flexibility index (Phi) is 6.55. The molecule has 1 atom stereocenters. The van der Waals surface area contributed by atoms with Crippen LogP contribution in [0.4, 0.5) is 11.4 Å². The summed E-state index contributed by atoms with van der Waals surface area (Å²) in [4.78, 5) is 30.9. The Hall–Kier alpha value is -1.73. The summed E-state index contributed by atoms with van der Waals surface area (Å²) in [6.45, 7) is 1.86. The summed E-state index contributed by atoms with van der Waals surface area (Å²) in [7, 11) is 1.64. The highest BCUT2D eigenvalue weighted by Crippen LogP contribution is 2.34. The predicted molar refractivity (Wildman–Crippen MR) is 117 cm³/mol. The predicted octanol–water partition coefficient (Wildman–Crippen LogP) is 5.55. The minimum atomic E-state index is -0.568. The van der Waals surface area contributed by atoms with E-state index in [1.807, 2.05) is 13.0 Å². The first-order valence-corrected chi connectivity index (χ1v) is 10.3. The summed E-state index contributed by atoms with van der Waals surface area (Å²) in [5.41, 5.74) is 1.92. The largest absolute Gasteiger partial charge is 0.325 e. The van der Waals surface area contributed by atoms with Gasteiger partial charge in [-0.05, 0) is 36.8 Å². The number of hydrogen-bond acceptors (Lipinski definition) is 4. The average Bonchev–Trinajstić information content (AvgIpc) is 2.91. The van der Waals surface area contributed by atoms with Crippen LogP contribution in [0.15, 0.2) is 41.4 Å². The Balaban J connectivity index is 1.73. The Morgan fingerprint density at radius 3 is 2.61 bits per heavy atom. The fourth-order valence-electron chi connectivity index (χ4n) is 2.59. The number of carbonyl (C=O) groups is 2. The van der Waals surface area contributed by atoms with Crippen LogP contribution in [-0.4, -0.2) is 34.2 Å². The standard InChI is InChI=1S/C19H16Cl3N3O2S/c1-10-11(20)5-3-7-13(10)24-19-25(2)18(27)15(28-19)9-16(26)23-14-8-4-6-12(21)17(14)22/h3-8,15H,9H2,1-2H3,(H,23,26)/t15-/m1/s1. The van der Waals surface area contributed by atoms with Gasteiger partial charge in [0, 0.05) is 18.5 Å². The first-order chi connectivity index (χ1) is 13.3. The molecule has 9 heteroatoms. The molecule has 0 saturated carbocycles. The van der Waals surface area contributed by atoms with Gasteiger partial charge in [0.05, 0.1) is 21.4 Å². The SMILES string of the molecule is Cc1c(Cl)cccc1N=C1S[C@H](CC(=O)Nc2cccc(Cl)c2Cl)C(=O)N1C. The molecule has 2 aromatic rings. The van der Waals surface area contributed by atoms with Crippen molar-refractivity contribution in [3.05, 3.63) is 57.0 Å². The molecule has 1 N–H and O–H groups in total. The maximum Gasteiger partial charge on any atom is 0.242 e. The highest BCUT2D eigenvalue weighted by molar-refractivity contribution is 8.15. The number of aliphatic imine (C=N–C) groups is 1. The van der Waals surface area contributed by atoms with Crippen molar-refractivity contribution in [2.75, 3.05) is 12.4 Å².